The molecule has 212 valence electrons. The standard InChI is InChI=1S/C32H63NSi4/c1-25(2)27-20-19-21-28(26(3)4)29(27)33-30(32(24-31(33,5)6)22-17-16-18-23-32)37(34(7,8)9,35(10,11)12)36(13,14)15/h19-21,25-26,30H,16-18,22-24H2,1-15H3/t30-/m1/s1. The van der Waals surface area contributed by atoms with Crippen molar-refractivity contribution in [2.45, 2.75) is 162 Å². The van der Waals surface area contributed by atoms with Gasteiger partial charge in [-0.3, -0.25) is 0 Å². The van der Waals surface area contributed by atoms with Gasteiger partial charge in [-0.2, -0.15) is 0 Å². The molecule has 1 aliphatic carbocycles. The van der Waals surface area contributed by atoms with Crippen molar-refractivity contribution in [1.82, 2.24) is 0 Å². The zero-order chi connectivity index (χ0) is 28.4. The van der Waals surface area contributed by atoms with E-state index in [0.29, 0.717) is 17.3 Å². The van der Waals surface area contributed by atoms with Gasteiger partial charge in [0.05, 0.1) is 6.63 Å². The van der Waals surface area contributed by atoms with Gasteiger partial charge in [-0.1, -0.05) is 124 Å². The van der Waals surface area contributed by atoms with Gasteiger partial charge in [0.2, 0.25) is 0 Å². The van der Waals surface area contributed by atoms with Crippen LogP contribution in [-0.4, -0.2) is 40.6 Å². The van der Waals surface area contributed by atoms with Gasteiger partial charge >= 0.3 is 0 Å². The van der Waals surface area contributed by atoms with Gasteiger partial charge in [0.15, 0.2) is 0 Å². The Hall–Kier alpha value is -0.112. The summed E-state index contributed by atoms with van der Waals surface area (Å²) in [6.45, 7) is 38.9. The SMILES string of the molecule is CC(C)c1cccc(C(C)C)c1N1[C@H]([Si]([Si](C)(C)C)([Si](C)(C)C)[Si](C)(C)C)C2(CCCCC2)CC1(C)C. The van der Waals surface area contributed by atoms with Gasteiger partial charge in [-0.05, 0) is 61.5 Å². The predicted octanol–water partition coefficient (Wildman–Crippen LogP) is 10.5. The van der Waals surface area contributed by atoms with Crippen LogP contribution in [0.15, 0.2) is 18.2 Å². The molecule has 0 amide bonds. The van der Waals surface area contributed by atoms with Crippen LogP contribution in [0.1, 0.15) is 103 Å². The topological polar surface area (TPSA) is 3.24 Å². The molecule has 1 nitrogen and oxygen atoms in total. The van der Waals surface area contributed by atoms with Crippen molar-refractivity contribution in [3.8, 4) is 0 Å². The molecule has 37 heavy (non-hydrogen) atoms. The summed E-state index contributed by atoms with van der Waals surface area (Å²) >= 11 is 0. The minimum Gasteiger partial charge on any atom is -0.366 e. The third-order valence-corrected chi connectivity index (χ3v) is 83.7. The average Bonchev–Trinajstić information content (AvgIpc) is 2.90. The zero-order valence-electron chi connectivity index (χ0n) is 27.7. The minimum absolute atomic E-state index is 0.202. The molecule has 0 N–H and O–H groups in total. The van der Waals surface area contributed by atoms with E-state index in [1.165, 1.54) is 38.5 Å². The van der Waals surface area contributed by atoms with Crippen molar-refractivity contribution in [3.05, 3.63) is 29.3 Å². The molecule has 1 aromatic rings. The van der Waals surface area contributed by atoms with E-state index in [1.807, 2.05) is 0 Å². The Morgan fingerprint density at radius 1 is 0.703 bits per heavy atom. The molecule has 1 saturated heterocycles. The van der Waals surface area contributed by atoms with Crippen LogP contribution in [0.3, 0.4) is 0 Å². The molecule has 0 radical (unpaired) electrons. The summed E-state index contributed by atoms with van der Waals surface area (Å²) in [5.74, 6) is 1.10. The number of hydrogen-bond donors (Lipinski definition) is 0. The Bertz CT molecular complexity index is 890. The quantitative estimate of drug-likeness (QED) is 0.293. The second kappa shape index (κ2) is 10.1. The summed E-state index contributed by atoms with van der Waals surface area (Å²) < 4.78 is 0. The molecule has 2 fully saturated rings. The van der Waals surface area contributed by atoms with E-state index in [9.17, 15) is 0 Å². The lowest BCUT2D eigenvalue weighted by molar-refractivity contribution is 0.189. The van der Waals surface area contributed by atoms with Crippen molar-refractivity contribution in [2.24, 2.45) is 5.41 Å². The van der Waals surface area contributed by atoms with Crippen LogP contribution in [0.4, 0.5) is 5.69 Å². The van der Waals surface area contributed by atoms with E-state index in [-0.39, 0.29) is 5.54 Å². The maximum Gasteiger partial charge on any atom is 0.0638 e. The maximum atomic E-state index is 3.24. The van der Waals surface area contributed by atoms with E-state index < -0.39 is 29.4 Å². The fraction of sp³-hybridized carbons (Fsp3) is 0.812. The number of benzene rings is 1. The second-order valence-electron chi connectivity index (χ2n) is 17.3. The molecule has 2 aliphatic rings. The summed E-state index contributed by atoms with van der Waals surface area (Å²) in [6, 6.07) is 7.35. The van der Waals surface area contributed by atoms with Crippen molar-refractivity contribution in [2.75, 3.05) is 4.90 Å². The highest BCUT2D eigenvalue weighted by Gasteiger charge is 2.73. The Labute approximate surface area is 236 Å². The summed E-state index contributed by atoms with van der Waals surface area (Å²) in [4.78, 5) is 3.24. The van der Waals surface area contributed by atoms with E-state index in [1.54, 1.807) is 16.8 Å². The minimum atomic E-state index is -1.73. The number of hydrogen-bond acceptors (Lipinski definition) is 1. The Balaban J connectivity index is 2.58. The lowest BCUT2D eigenvalue weighted by Gasteiger charge is -2.66. The smallest absolute Gasteiger partial charge is 0.0638 e. The first kappa shape index (κ1) is 31.4. The number of para-hydroxylation sites is 1. The van der Waals surface area contributed by atoms with Crippen LogP contribution in [0.2, 0.25) is 58.9 Å². The highest BCUT2D eigenvalue weighted by Crippen LogP contribution is 2.62. The first-order valence-electron chi connectivity index (χ1n) is 15.6. The molecule has 0 aromatic heterocycles. The molecule has 1 saturated carbocycles. The molecule has 1 spiro atoms. The molecule has 1 aliphatic heterocycles. The molecule has 0 unspecified atom stereocenters. The molecule has 0 bridgehead atoms. The monoisotopic (exact) mass is 573 g/mol. The lowest BCUT2D eigenvalue weighted by Crippen LogP contribution is -2.91. The summed E-state index contributed by atoms with van der Waals surface area (Å²) in [5, 5.41) is 0. The van der Waals surface area contributed by atoms with Crippen LogP contribution in [0.5, 0.6) is 0 Å². The van der Waals surface area contributed by atoms with Crippen molar-refractivity contribution in [1.29, 1.82) is 0 Å². The highest BCUT2D eigenvalue weighted by molar-refractivity contribution is 7.89. The normalized spacial score (nSPS) is 22.9. The third kappa shape index (κ3) is 4.99. The molecule has 3 rings (SSSR count). The van der Waals surface area contributed by atoms with Crippen LogP contribution in [0, 0.1) is 5.41 Å². The van der Waals surface area contributed by atoms with Crippen molar-refractivity contribution < 1.29 is 0 Å². The van der Waals surface area contributed by atoms with Crippen molar-refractivity contribution in [3.63, 3.8) is 0 Å². The summed E-state index contributed by atoms with van der Waals surface area (Å²) in [6.07, 6.45) is 8.73. The van der Waals surface area contributed by atoms with Gasteiger partial charge in [0, 0.05) is 39.7 Å². The van der Waals surface area contributed by atoms with E-state index >= 15 is 0 Å². The largest absolute Gasteiger partial charge is 0.366 e. The van der Waals surface area contributed by atoms with Crippen LogP contribution >= 0.6 is 0 Å². The molecule has 1 atom stereocenters. The number of rotatable bonds is 7. The van der Waals surface area contributed by atoms with Gasteiger partial charge in [0.25, 0.3) is 0 Å². The Kier molecular flexibility index (Phi) is 8.54. The maximum absolute atomic E-state index is 3.24. The van der Waals surface area contributed by atoms with Crippen LogP contribution < -0.4 is 4.90 Å². The Morgan fingerprint density at radius 3 is 1.46 bits per heavy atom. The predicted molar refractivity (Wildman–Crippen MR) is 181 cm³/mol. The molecule has 1 heterocycles. The lowest BCUT2D eigenvalue weighted by atomic mass is 9.71. The van der Waals surface area contributed by atoms with Gasteiger partial charge < -0.3 is 4.90 Å². The summed E-state index contributed by atoms with van der Waals surface area (Å²) in [7, 11) is -4.47. The number of nitrogens with zero attached hydrogens (tertiary/aromatic N) is 1. The third-order valence-electron chi connectivity index (χ3n) is 10.7. The van der Waals surface area contributed by atoms with Gasteiger partial charge in [-0.15, -0.1) is 0 Å². The molecule has 5 heteroatoms. The second-order valence-corrected chi connectivity index (χ2v) is 58.1. The average molecular weight is 574 g/mol. The number of anilines is 1. The van der Waals surface area contributed by atoms with Crippen LogP contribution in [0.25, 0.3) is 0 Å². The van der Waals surface area contributed by atoms with E-state index in [4.69, 9.17) is 0 Å². The van der Waals surface area contributed by atoms with Gasteiger partial charge in [0.1, 0.15) is 0 Å². The fourth-order valence-electron chi connectivity index (χ4n) is 10.9. The zero-order valence-corrected chi connectivity index (χ0v) is 31.7. The van der Waals surface area contributed by atoms with E-state index in [0.717, 1.165) is 5.67 Å². The van der Waals surface area contributed by atoms with Crippen molar-refractivity contribution >= 4 is 35.1 Å². The fourth-order valence-corrected chi connectivity index (χ4v) is 115. The summed E-state index contributed by atoms with van der Waals surface area (Å²) in [5.41, 5.74) is 6.42. The first-order chi connectivity index (χ1) is 16.7. The first-order valence-corrected chi connectivity index (χ1v) is 31.2. The highest BCUT2D eigenvalue weighted by atomic mass is 29.9. The molecular weight excluding hydrogens is 511 g/mol. The molecular formula is C32H63NSi4. The van der Waals surface area contributed by atoms with Gasteiger partial charge in [-0.25, -0.2) is 0 Å². The molecule has 1 aromatic carbocycles. The Morgan fingerprint density at radius 2 is 1.11 bits per heavy atom. The van der Waals surface area contributed by atoms with E-state index in [2.05, 4.69) is 124 Å². The van der Waals surface area contributed by atoms with Crippen LogP contribution in [-0.2, 0) is 0 Å².